The Morgan fingerprint density at radius 1 is 1.17 bits per heavy atom. The van der Waals surface area contributed by atoms with E-state index in [1.165, 1.54) is 12.1 Å². The minimum Gasteiger partial charge on any atom is -0.493 e. The number of para-hydroxylation sites is 1. The molecular weight excluding hydrogens is 309 g/mol. The molecule has 4 nitrogen and oxygen atoms in total. The number of carbonyl (C=O) groups is 1. The molecule has 0 saturated heterocycles. The summed E-state index contributed by atoms with van der Waals surface area (Å²) in [5, 5.41) is 0. The predicted molar refractivity (Wildman–Crippen MR) is 89.2 cm³/mol. The second-order valence-electron chi connectivity index (χ2n) is 5.20. The average molecular weight is 325 g/mol. The molecule has 0 unspecified atom stereocenters. The lowest BCUT2D eigenvalue weighted by molar-refractivity contribution is -0.129. The van der Waals surface area contributed by atoms with Gasteiger partial charge in [0.1, 0.15) is 11.6 Å². The maximum Gasteiger partial charge on any atom is 0.363 e. The van der Waals surface area contributed by atoms with Gasteiger partial charge >= 0.3 is 5.97 Å². The van der Waals surface area contributed by atoms with Gasteiger partial charge in [0.2, 0.25) is 5.90 Å². The molecule has 5 heteroatoms. The molecule has 0 spiro atoms. The zero-order valence-electron chi connectivity index (χ0n) is 13.2. The van der Waals surface area contributed by atoms with E-state index in [9.17, 15) is 9.18 Å². The first-order valence-corrected chi connectivity index (χ1v) is 7.68. The number of esters is 1. The van der Waals surface area contributed by atoms with Crippen molar-refractivity contribution in [1.29, 1.82) is 0 Å². The van der Waals surface area contributed by atoms with Crippen molar-refractivity contribution in [1.82, 2.24) is 0 Å². The molecule has 0 aliphatic carbocycles. The molecule has 1 aliphatic heterocycles. The van der Waals surface area contributed by atoms with Gasteiger partial charge in [0.05, 0.1) is 12.2 Å². The Balaban J connectivity index is 1.94. The maximum atomic E-state index is 13.8. The third-order valence-electron chi connectivity index (χ3n) is 3.40. The number of rotatable bonds is 5. The van der Waals surface area contributed by atoms with Crippen molar-refractivity contribution in [3.05, 3.63) is 71.2 Å². The molecule has 3 rings (SSSR count). The van der Waals surface area contributed by atoms with E-state index in [4.69, 9.17) is 9.47 Å². The van der Waals surface area contributed by atoms with E-state index in [-0.39, 0.29) is 17.2 Å². The summed E-state index contributed by atoms with van der Waals surface area (Å²) in [5.41, 5.74) is 0.988. The molecule has 122 valence electrons. The fourth-order valence-corrected chi connectivity index (χ4v) is 2.25. The molecule has 1 aliphatic rings. The van der Waals surface area contributed by atoms with Gasteiger partial charge in [-0.25, -0.2) is 14.2 Å². The van der Waals surface area contributed by atoms with Gasteiger partial charge in [-0.1, -0.05) is 37.3 Å². The Labute approximate surface area is 139 Å². The van der Waals surface area contributed by atoms with Gasteiger partial charge in [-0.3, -0.25) is 0 Å². The zero-order chi connectivity index (χ0) is 16.9. The number of ether oxygens (including phenoxy) is 2. The van der Waals surface area contributed by atoms with Gasteiger partial charge in [-0.05, 0) is 30.7 Å². The monoisotopic (exact) mass is 325 g/mol. The largest absolute Gasteiger partial charge is 0.493 e. The molecule has 2 aromatic rings. The Hall–Kier alpha value is -2.95. The normalized spacial score (nSPS) is 15.3. The highest BCUT2D eigenvalue weighted by molar-refractivity contribution is 6.13. The van der Waals surface area contributed by atoms with Gasteiger partial charge in [0, 0.05) is 5.56 Å². The molecular formula is C19H16FNO3. The van der Waals surface area contributed by atoms with Crippen molar-refractivity contribution in [2.75, 3.05) is 6.61 Å². The first-order chi connectivity index (χ1) is 11.7. The van der Waals surface area contributed by atoms with Crippen molar-refractivity contribution in [2.24, 2.45) is 4.99 Å². The molecule has 0 radical (unpaired) electrons. The molecule has 1 heterocycles. The fraction of sp³-hybridized carbons (Fsp3) is 0.158. The van der Waals surface area contributed by atoms with E-state index < -0.39 is 11.8 Å². The predicted octanol–water partition coefficient (Wildman–Crippen LogP) is 3.96. The molecule has 0 fully saturated rings. The Kier molecular flexibility index (Phi) is 4.70. The minimum atomic E-state index is -0.612. The highest BCUT2D eigenvalue weighted by atomic mass is 19.1. The lowest BCUT2D eigenvalue weighted by atomic mass is 10.1. The number of hydrogen-bond donors (Lipinski definition) is 0. The number of nitrogens with zero attached hydrogens (tertiary/aromatic N) is 1. The standard InChI is InChI=1S/C19H16FNO3/c1-2-11-23-17-10-6-3-7-13(17)12-16-19(22)24-18(21-16)14-8-4-5-9-15(14)20/h3-10,12H,2,11H2,1H3. The molecule has 0 amide bonds. The summed E-state index contributed by atoms with van der Waals surface area (Å²) in [6, 6.07) is 13.4. The quantitative estimate of drug-likeness (QED) is 0.617. The van der Waals surface area contributed by atoms with Crippen LogP contribution in [0.15, 0.2) is 59.2 Å². The van der Waals surface area contributed by atoms with E-state index in [1.807, 2.05) is 31.2 Å². The van der Waals surface area contributed by atoms with Crippen LogP contribution in [-0.4, -0.2) is 18.5 Å². The summed E-state index contributed by atoms with van der Waals surface area (Å²) in [7, 11) is 0. The molecule has 0 bridgehead atoms. The van der Waals surface area contributed by atoms with Crippen LogP contribution in [-0.2, 0) is 9.53 Å². The first kappa shape index (κ1) is 15.9. The molecule has 0 saturated carbocycles. The van der Waals surface area contributed by atoms with Crippen LogP contribution >= 0.6 is 0 Å². The highest BCUT2D eigenvalue weighted by Gasteiger charge is 2.26. The van der Waals surface area contributed by atoms with Gasteiger partial charge < -0.3 is 9.47 Å². The van der Waals surface area contributed by atoms with Crippen molar-refractivity contribution in [2.45, 2.75) is 13.3 Å². The van der Waals surface area contributed by atoms with E-state index in [2.05, 4.69) is 4.99 Å². The van der Waals surface area contributed by atoms with Gasteiger partial charge in [-0.15, -0.1) is 0 Å². The topological polar surface area (TPSA) is 47.9 Å². The number of halogens is 1. The van der Waals surface area contributed by atoms with E-state index in [0.29, 0.717) is 12.4 Å². The van der Waals surface area contributed by atoms with Crippen LogP contribution in [0.1, 0.15) is 24.5 Å². The third-order valence-corrected chi connectivity index (χ3v) is 3.40. The second kappa shape index (κ2) is 7.08. The Morgan fingerprint density at radius 2 is 1.92 bits per heavy atom. The Bertz CT molecular complexity index is 827. The number of cyclic esters (lactones) is 1. The van der Waals surface area contributed by atoms with Crippen LogP contribution in [0.5, 0.6) is 5.75 Å². The highest BCUT2D eigenvalue weighted by Crippen LogP contribution is 2.25. The fourth-order valence-electron chi connectivity index (χ4n) is 2.25. The van der Waals surface area contributed by atoms with Gasteiger partial charge in [0.15, 0.2) is 5.70 Å². The van der Waals surface area contributed by atoms with Crippen LogP contribution in [0.4, 0.5) is 4.39 Å². The third kappa shape index (κ3) is 3.35. The average Bonchev–Trinajstić information content (AvgIpc) is 2.95. The van der Waals surface area contributed by atoms with Crippen LogP contribution < -0.4 is 4.74 Å². The lowest BCUT2D eigenvalue weighted by Crippen LogP contribution is -2.07. The minimum absolute atomic E-state index is 0.0312. The van der Waals surface area contributed by atoms with Crippen molar-refractivity contribution in [3.63, 3.8) is 0 Å². The van der Waals surface area contributed by atoms with E-state index >= 15 is 0 Å². The van der Waals surface area contributed by atoms with Gasteiger partial charge in [-0.2, -0.15) is 0 Å². The molecule has 2 aromatic carbocycles. The summed E-state index contributed by atoms with van der Waals surface area (Å²) < 4.78 is 24.6. The zero-order valence-corrected chi connectivity index (χ0v) is 13.2. The van der Waals surface area contributed by atoms with Crippen molar-refractivity contribution < 1.29 is 18.7 Å². The smallest absolute Gasteiger partial charge is 0.363 e. The molecule has 0 atom stereocenters. The van der Waals surface area contributed by atoms with Crippen molar-refractivity contribution >= 4 is 17.9 Å². The number of carbonyl (C=O) groups excluding carboxylic acids is 1. The lowest BCUT2D eigenvalue weighted by Gasteiger charge is -2.07. The summed E-state index contributed by atoms with van der Waals surface area (Å²) >= 11 is 0. The summed E-state index contributed by atoms with van der Waals surface area (Å²) in [4.78, 5) is 16.2. The Morgan fingerprint density at radius 3 is 2.71 bits per heavy atom. The summed E-state index contributed by atoms with van der Waals surface area (Å²) in [6.07, 6.45) is 2.46. The maximum absolute atomic E-state index is 13.8. The van der Waals surface area contributed by atoms with Gasteiger partial charge in [0.25, 0.3) is 0 Å². The van der Waals surface area contributed by atoms with Crippen LogP contribution in [0.25, 0.3) is 6.08 Å². The first-order valence-electron chi connectivity index (χ1n) is 7.68. The number of aliphatic imine (C=N–C) groups is 1. The van der Waals surface area contributed by atoms with Crippen molar-refractivity contribution in [3.8, 4) is 5.75 Å². The summed E-state index contributed by atoms with van der Waals surface area (Å²) in [6.45, 7) is 2.59. The van der Waals surface area contributed by atoms with Crippen LogP contribution in [0.3, 0.4) is 0 Å². The van der Waals surface area contributed by atoms with Crippen LogP contribution in [0.2, 0.25) is 0 Å². The second-order valence-corrected chi connectivity index (χ2v) is 5.20. The number of benzene rings is 2. The SMILES string of the molecule is CCCOc1ccccc1C=C1N=C(c2ccccc2F)OC1=O. The molecule has 0 N–H and O–H groups in total. The van der Waals surface area contributed by atoms with E-state index in [1.54, 1.807) is 18.2 Å². The summed E-state index contributed by atoms with van der Waals surface area (Å²) in [5.74, 6) is -0.471. The van der Waals surface area contributed by atoms with Crippen LogP contribution in [0, 0.1) is 5.82 Å². The number of hydrogen-bond acceptors (Lipinski definition) is 4. The van der Waals surface area contributed by atoms with E-state index in [0.717, 1.165) is 12.0 Å². The molecule has 24 heavy (non-hydrogen) atoms. The molecule has 0 aromatic heterocycles.